The third kappa shape index (κ3) is 3.06. The fourth-order valence-electron chi connectivity index (χ4n) is 2.38. The Morgan fingerprint density at radius 1 is 1.00 bits per heavy atom. The van der Waals surface area contributed by atoms with E-state index >= 15 is 0 Å². The number of hydrogen-bond donors (Lipinski definition) is 0. The minimum absolute atomic E-state index is 0.915. The molecule has 0 radical (unpaired) electrons. The van der Waals surface area contributed by atoms with Crippen molar-refractivity contribution in [3.05, 3.63) is 66.4 Å². The standard InChI is InChI=1S/C17H19N3/c1-19(13-15-7-3-2-4-8-15)11-12-20-14-16-9-5-6-10-17(16)18-20/h2-10,14H,11-13H2,1H3. The predicted octanol–water partition coefficient (Wildman–Crippen LogP) is 3.17. The SMILES string of the molecule is CN(CCn1cc2ccccc2n1)Cc1ccccc1. The normalized spacial score (nSPS) is 11.3. The highest BCUT2D eigenvalue weighted by molar-refractivity contribution is 5.77. The molecule has 3 nitrogen and oxygen atoms in total. The topological polar surface area (TPSA) is 21.1 Å². The van der Waals surface area contributed by atoms with E-state index in [9.17, 15) is 0 Å². The number of benzene rings is 2. The van der Waals surface area contributed by atoms with E-state index in [4.69, 9.17) is 0 Å². The van der Waals surface area contributed by atoms with Crippen LogP contribution in [0.25, 0.3) is 10.9 Å². The lowest BCUT2D eigenvalue weighted by molar-refractivity contribution is 0.305. The molecule has 0 N–H and O–H groups in total. The van der Waals surface area contributed by atoms with Crippen LogP contribution < -0.4 is 0 Å². The van der Waals surface area contributed by atoms with E-state index in [1.54, 1.807) is 0 Å². The van der Waals surface area contributed by atoms with E-state index in [2.05, 4.69) is 71.8 Å². The van der Waals surface area contributed by atoms with Crippen LogP contribution >= 0.6 is 0 Å². The summed E-state index contributed by atoms with van der Waals surface area (Å²) in [7, 11) is 2.15. The van der Waals surface area contributed by atoms with Gasteiger partial charge in [-0.25, -0.2) is 0 Å². The van der Waals surface area contributed by atoms with Gasteiger partial charge in [0.05, 0.1) is 12.1 Å². The molecule has 0 saturated carbocycles. The molecular formula is C17H19N3. The summed E-state index contributed by atoms with van der Waals surface area (Å²) in [5.74, 6) is 0. The van der Waals surface area contributed by atoms with Gasteiger partial charge in [-0.05, 0) is 18.7 Å². The number of rotatable bonds is 5. The molecule has 0 atom stereocenters. The largest absolute Gasteiger partial charge is 0.300 e. The second-order valence-corrected chi connectivity index (χ2v) is 5.17. The lowest BCUT2D eigenvalue weighted by Gasteiger charge is -2.16. The second-order valence-electron chi connectivity index (χ2n) is 5.17. The number of fused-ring (bicyclic) bond motifs is 1. The van der Waals surface area contributed by atoms with Gasteiger partial charge in [0.2, 0.25) is 0 Å². The average Bonchev–Trinajstić information content (AvgIpc) is 2.89. The van der Waals surface area contributed by atoms with Crippen molar-refractivity contribution in [2.75, 3.05) is 13.6 Å². The van der Waals surface area contributed by atoms with E-state index in [1.165, 1.54) is 10.9 Å². The summed E-state index contributed by atoms with van der Waals surface area (Å²) in [4.78, 5) is 2.32. The number of likely N-dealkylation sites (N-methyl/N-ethyl adjacent to an activating group) is 1. The Kier molecular flexibility index (Phi) is 3.79. The highest BCUT2D eigenvalue weighted by atomic mass is 15.3. The lowest BCUT2D eigenvalue weighted by atomic mass is 10.2. The first kappa shape index (κ1) is 12.9. The van der Waals surface area contributed by atoms with E-state index in [-0.39, 0.29) is 0 Å². The molecule has 1 aromatic heterocycles. The molecule has 0 saturated heterocycles. The van der Waals surface area contributed by atoms with Crippen molar-refractivity contribution >= 4 is 10.9 Å². The molecule has 0 amide bonds. The van der Waals surface area contributed by atoms with Gasteiger partial charge in [-0.1, -0.05) is 48.5 Å². The maximum absolute atomic E-state index is 4.58. The Bertz CT molecular complexity index is 640. The quantitative estimate of drug-likeness (QED) is 0.706. The third-order valence-electron chi connectivity index (χ3n) is 3.47. The van der Waals surface area contributed by atoms with Crippen molar-refractivity contribution in [3.63, 3.8) is 0 Å². The summed E-state index contributed by atoms with van der Waals surface area (Å²) < 4.78 is 2.03. The molecule has 3 heteroatoms. The Morgan fingerprint density at radius 3 is 2.55 bits per heavy atom. The predicted molar refractivity (Wildman–Crippen MR) is 82.5 cm³/mol. The molecule has 20 heavy (non-hydrogen) atoms. The number of nitrogens with zero attached hydrogens (tertiary/aromatic N) is 3. The summed E-state index contributed by atoms with van der Waals surface area (Å²) in [6, 6.07) is 18.8. The zero-order valence-corrected chi connectivity index (χ0v) is 11.7. The fourth-order valence-corrected chi connectivity index (χ4v) is 2.38. The molecule has 0 fully saturated rings. The van der Waals surface area contributed by atoms with Crippen molar-refractivity contribution in [2.24, 2.45) is 0 Å². The van der Waals surface area contributed by atoms with Gasteiger partial charge >= 0.3 is 0 Å². The van der Waals surface area contributed by atoms with Gasteiger partial charge in [-0.3, -0.25) is 4.68 Å². The van der Waals surface area contributed by atoms with E-state index in [0.717, 1.165) is 25.2 Å². The third-order valence-corrected chi connectivity index (χ3v) is 3.47. The Morgan fingerprint density at radius 2 is 1.75 bits per heavy atom. The van der Waals surface area contributed by atoms with Gasteiger partial charge in [0.25, 0.3) is 0 Å². The Hall–Kier alpha value is -2.13. The molecule has 0 unspecified atom stereocenters. The molecular weight excluding hydrogens is 246 g/mol. The van der Waals surface area contributed by atoms with Crippen molar-refractivity contribution in [3.8, 4) is 0 Å². The van der Waals surface area contributed by atoms with Gasteiger partial charge in [-0.2, -0.15) is 5.10 Å². The van der Waals surface area contributed by atoms with Crippen molar-refractivity contribution in [1.82, 2.24) is 14.7 Å². The summed E-state index contributed by atoms with van der Waals surface area (Å²) in [5, 5.41) is 5.79. The van der Waals surface area contributed by atoms with Gasteiger partial charge in [0.15, 0.2) is 0 Å². The van der Waals surface area contributed by atoms with E-state index in [0.29, 0.717) is 0 Å². The van der Waals surface area contributed by atoms with Gasteiger partial charge in [0, 0.05) is 24.7 Å². The average molecular weight is 265 g/mol. The smallest absolute Gasteiger partial charge is 0.0923 e. The van der Waals surface area contributed by atoms with Gasteiger partial charge in [-0.15, -0.1) is 0 Å². The van der Waals surface area contributed by atoms with Crippen LogP contribution in [0, 0.1) is 0 Å². The molecule has 3 aromatic rings. The van der Waals surface area contributed by atoms with Crippen molar-refractivity contribution in [2.45, 2.75) is 13.1 Å². The lowest BCUT2D eigenvalue weighted by Crippen LogP contribution is -2.23. The van der Waals surface area contributed by atoms with Crippen LogP contribution in [-0.2, 0) is 13.1 Å². The van der Waals surface area contributed by atoms with Crippen LogP contribution in [0.15, 0.2) is 60.8 Å². The molecule has 102 valence electrons. The number of aromatic nitrogens is 2. The number of hydrogen-bond acceptors (Lipinski definition) is 2. The molecule has 0 spiro atoms. The maximum Gasteiger partial charge on any atom is 0.0923 e. The summed E-state index contributed by atoms with van der Waals surface area (Å²) in [6.45, 7) is 2.88. The zero-order valence-electron chi connectivity index (χ0n) is 11.7. The van der Waals surface area contributed by atoms with Crippen LogP contribution in [0.5, 0.6) is 0 Å². The molecule has 3 rings (SSSR count). The first-order chi connectivity index (χ1) is 9.81. The summed E-state index contributed by atoms with van der Waals surface area (Å²) in [6.07, 6.45) is 2.12. The Labute approximate surface area is 119 Å². The van der Waals surface area contributed by atoms with Crippen LogP contribution in [0.1, 0.15) is 5.56 Å². The molecule has 0 aliphatic rings. The monoisotopic (exact) mass is 265 g/mol. The molecule has 0 bridgehead atoms. The van der Waals surface area contributed by atoms with Crippen molar-refractivity contribution < 1.29 is 0 Å². The maximum atomic E-state index is 4.58. The minimum atomic E-state index is 0.915. The first-order valence-corrected chi connectivity index (χ1v) is 6.96. The molecule has 1 heterocycles. The second kappa shape index (κ2) is 5.88. The van der Waals surface area contributed by atoms with Gasteiger partial charge < -0.3 is 4.90 Å². The van der Waals surface area contributed by atoms with Crippen LogP contribution in [0.3, 0.4) is 0 Å². The summed E-state index contributed by atoms with van der Waals surface area (Å²) in [5.41, 5.74) is 2.42. The van der Waals surface area contributed by atoms with Crippen molar-refractivity contribution in [1.29, 1.82) is 0 Å². The van der Waals surface area contributed by atoms with Crippen LogP contribution in [0.4, 0.5) is 0 Å². The van der Waals surface area contributed by atoms with Crippen LogP contribution in [0.2, 0.25) is 0 Å². The van der Waals surface area contributed by atoms with E-state index < -0.39 is 0 Å². The van der Waals surface area contributed by atoms with Crippen LogP contribution in [-0.4, -0.2) is 28.3 Å². The first-order valence-electron chi connectivity index (χ1n) is 6.96. The Balaban J connectivity index is 1.58. The van der Waals surface area contributed by atoms with Gasteiger partial charge in [0.1, 0.15) is 0 Å². The highest BCUT2D eigenvalue weighted by Gasteiger charge is 2.02. The zero-order chi connectivity index (χ0) is 13.8. The summed E-state index contributed by atoms with van der Waals surface area (Å²) >= 11 is 0. The highest BCUT2D eigenvalue weighted by Crippen LogP contribution is 2.11. The molecule has 0 aliphatic carbocycles. The fraction of sp³-hybridized carbons (Fsp3) is 0.235. The van der Waals surface area contributed by atoms with E-state index in [1.807, 2.05) is 10.7 Å². The minimum Gasteiger partial charge on any atom is -0.300 e. The molecule has 2 aromatic carbocycles. The molecule has 0 aliphatic heterocycles.